The predicted molar refractivity (Wildman–Crippen MR) is 81.7 cm³/mol. The van der Waals surface area contributed by atoms with Gasteiger partial charge in [0.15, 0.2) is 0 Å². The molecule has 1 aliphatic rings. The third kappa shape index (κ3) is 5.53. The zero-order chi connectivity index (χ0) is 15.2. The molecular formula is C14H16Cl2N2O3. The molecule has 2 rings (SSSR count). The second kappa shape index (κ2) is 7.64. The third-order valence-corrected chi connectivity index (χ3v) is 3.45. The largest absolute Gasteiger partial charge is 0.376 e. The van der Waals surface area contributed by atoms with Crippen molar-refractivity contribution in [3.63, 3.8) is 0 Å². The van der Waals surface area contributed by atoms with Crippen molar-refractivity contribution in [2.24, 2.45) is 0 Å². The van der Waals surface area contributed by atoms with E-state index in [4.69, 9.17) is 27.9 Å². The molecular weight excluding hydrogens is 315 g/mol. The first-order chi connectivity index (χ1) is 10.0. The van der Waals surface area contributed by atoms with Crippen molar-refractivity contribution in [2.45, 2.75) is 25.4 Å². The summed E-state index contributed by atoms with van der Waals surface area (Å²) in [6.45, 7) is 1.17. The lowest BCUT2D eigenvalue weighted by Crippen LogP contribution is -2.34. The predicted octanol–water partition coefficient (Wildman–Crippen LogP) is 2.62. The standard InChI is InChI=1S/C14H16Cl2N2O3/c15-9-4-10(16)6-11(5-9)18-14(20)7-13(19)17-8-12-2-1-3-21-12/h4-6,12H,1-3,7-8H2,(H,17,19)(H,18,20). The number of anilines is 1. The Bertz CT molecular complexity index is 511. The van der Waals surface area contributed by atoms with Crippen molar-refractivity contribution >= 4 is 40.7 Å². The Morgan fingerprint density at radius 1 is 1.19 bits per heavy atom. The van der Waals surface area contributed by atoms with Gasteiger partial charge in [-0.05, 0) is 31.0 Å². The van der Waals surface area contributed by atoms with Gasteiger partial charge in [0.05, 0.1) is 6.10 Å². The van der Waals surface area contributed by atoms with E-state index in [-0.39, 0.29) is 18.4 Å². The van der Waals surface area contributed by atoms with Gasteiger partial charge in [-0.1, -0.05) is 23.2 Å². The molecule has 5 nitrogen and oxygen atoms in total. The van der Waals surface area contributed by atoms with Crippen LogP contribution in [0, 0.1) is 0 Å². The van der Waals surface area contributed by atoms with E-state index in [9.17, 15) is 9.59 Å². The molecule has 21 heavy (non-hydrogen) atoms. The summed E-state index contributed by atoms with van der Waals surface area (Å²) in [6.07, 6.45) is 1.75. The Balaban J connectivity index is 1.76. The fourth-order valence-electron chi connectivity index (χ4n) is 2.07. The number of benzene rings is 1. The fraction of sp³-hybridized carbons (Fsp3) is 0.429. The van der Waals surface area contributed by atoms with Crippen molar-refractivity contribution in [1.82, 2.24) is 5.32 Å². The molecule has 1 saturated heterocycles. The number of rotatable bonds is 5. The highest BCUT2D eigenvalue weighted by atomic mass is 35.5. The topological polar surface area (TPSA) is 67.4 Å². The van der Waals surface area contributed by atoms with Crippen molar-refractivity contribution < 1.29 is 14.3 Å². The molecule has 1 aromatic rings. The number of hydrogen-bond donors (Lipinski definition) is 2. The highest BCUT2D eigenvalue weighted by Gasteiger charge is 2.17. The normalized spacial score (nSPS) is 17.5. The number of nitrogens with one attached hydrogen (secondary N) is 2. The van der Waals surface area contributed by atoms with Crippen LogP contribution in [0.3, 0.4) is 0 Å². The molecule has 114 valence electrons. The third-order valence-electron chi connectivity index (χ3n) is 3.02. The van der Waals surface area contributed by atoms with Gasteiger partial charge < -0.3 is 15.4 Å². The minimum atomic E-state index is -0.418. The van der Waals surface area contributed by atoms with Crippen LogP contribution in [0.5, 0.6) is 0 Å². The summed E-state index contributed by atoms with van der Waals surface area (Å²) in [5, 5.41) is 6.10. The molecule has 0 radical (unpaired) electrons. The van der Waals surface area contributed by atoms with Gasteiger partial charge in [-0.3, -0.25) is 9.59 Å². The van der Waals surface area contributed by atoms with Crippen molar-refractivity contribution in [3.05, 3.63) is 28.2 Å². The zero-order valence-electron chi connectivity index (χ0n) is 11.3. The fourth-order valence-corrected chi connectivity index (χ4v) is 2.60. The van der Waals surface area contributed by atoms with E-state index in [2.05, 4.69) is 10.6 Å². The first-order valence-electron chi connectivity index (χ1n) is 6.67. The number of amides is 2. The van der Waals surface area contributed by atoms with E-state index in [0.29, 0.717) is 22.3 Å². The van der Waals surface area contributed by atoms with Gasteiger partial charge in [-0.15, -0.1) is 0 Å². The Morgan fingerprint density at radius 3 is 2.52 bits per heavy atom. The Labute approximate surface area is 132 Å². The maximum atomic E-state index is 11.8. The van der Waals surface area contributed by atoms with Crippen molar-refractivity contribution in [2.75, 3.05) is 18.5 Å². The van der Waals surface area contributed by atoms with Crippen LogP contribution in [0.15, 0.2) is 18.2 Å². The molecule has 0 bridgehead atoms. The molecule has 2 N–H and O–H groups in total. The molecule has 1 aromatic carbocycles. The van der Waals surface area contributed by atoms with E-state index in [1.807, 2.05) is 0 Å². The van der Waals surface area contributed by atoms with Crippen molar-refractivity contribution in [3.8, 4) is 0 Å². The average Bonchev–Trinajstić information content (AvgIpc) is 2.87. The smallest absolute Gasteiger partial charge is 0.233 e. The lowest BCUT2D eigenvalue weighted by molar-refractivity contribution is -0.127. The van der Waals surface area contributed by atoms with Crippen LogP contribution in [-0.2, 0) is 14.3 Å². The van der Waals surface area contributed by atoms with E-state index >= 15 is 0 Å². The second-order valence-electron chi connectivity index (χ2n) is 4.82. The SMILES string of the molecule is O=C(CC(=O)Nc1cc(Cl)cc(Cl)c1)NCC1CCCO1. The van der Waals surface area contributed by atoms with Gasteiger partial charge in [0.2, 0.25) is 11.8 Å². The molecule has 0 aliphatic carbocycles. The minimum absolute atomic E-state index is 0.0590. The van der Waals surface area contributed by atoms with Crippen LogP contribution in [0.4, 0.5) is 5.69 Å². The molecule has 0 saturated carbocycles. The van der Waals surface area contributed by atoms with Crippen LogP contribution in [0.25, 0.3) is 0 Å². The minimum Gasteiger partial charge on any atom is -0.376 e. The number of hydrogen-bond acceptors (Lipinski definition) is 3. The molecule has 1 fully saturated rings. The van der Waals surface area contributed by atoms with Gasteiger partial charge in [0.25, 0.3) is 0 Å². The maximum absolute atomic E-state index is 11.8. The summed E-state index contributed by atoms with van der Waals surface area (Å²) in [4.78, 5) is 23.4. The van der Waals surface area contributed by atoms with Crippen LogP contribution >= 0.6 is 23.2 Å². The van der Waals surface area contributed by atoms with Gasteiger partial charge in [0, 0.05) is 28.9 Å². The van der Waals surface area contributed by atoms with Crippen LogP contribution < -0.4 is 10.6 Å². The summed E-state index contributed by atoms with van der Waals surface area (Å²) in [5.74, 6) is -0.755. The highest BCUT2D eigenvalue weighted by molar-refractivity contribution is 6.35. The number of ether oxygens (including phenoxy) is 1. The molecule has 1 unspecified atom stereocenters. The first-order valence-corrected chi connectivity index (χ1v) is 7.43. The summed E-state index contributed by atoms with van der Waals surface area (Å²) in [7, 11) is 0. The van der Waals surface area contributed by atoms with Crippen molar-refractivity contribution in [1.29, 1.82) is 0 Å². The maximum Gasteiger partial charge on any atom is 0.233 e. The first kappa shape index (κ1) is 16.1. The van der Waals surface area contributed by atoms with E-state index in [1.54, 1.807) is 18.2 Å². The zero-order valence-corrected chi connectivity index (χ0v) is 12.8. The van der Waals surface area contributed by atoms with Gasteiger partial charge >= 0.3 is 0 Å². The monoisotopic (exact) mass is 330 g/mol. The lowest BCUT2D eigenvalue weighted by Gasteiger charge is -2.11. The number of carbonyl (C=O) groups is 2. The molecule has 0 aromatic heterocycles. The number of halogens is 2. The average molecular weight is 331 g/mol. The molecule has 1 heterocycles. The molecule has 0 spiro atoms. The second-order valence-corrected chi connectivity index (χ2v) is 5.70. The van der Waals surface area contributed by atoms with E-state index in [1.165, 1.54) is 0 Å². The Morgan fingerprint density at radius 2 is 1.90 bits per heavy atom. The Kier molecular flexibility index (Phi) is 5.85. The summed E-state index contributed by atoms with van der Waals surface area (Å²) < 4.78 is 5.39. The molecule has 7 heteroatoms. The summed E-state index contributed by atoms with van der Waals surface area (Å²) in [5.41, 5.74) is 0.462. The highest BCUT2D eigenvalue weighted by Crippen LogP contribution is 2.22. The van der Waals surface area contributed by atoms with Gasteiger partial charge in [0.1, 0.15) is 6.42 Å². The summed E-state index contributed by atoms with van der Waals surface area (Å²) in [6, 6.07) is 4.69. The van der Waals surface area contributed by atoms with E-state index < -0.39 is 5.91 Å². The van der Waals surface area contributed by atoms with Gasteiger partial charge in [-0.2, -0.15) is 0 Å². The van der Waals surface area contributed by atoms with E-state index in [0.717, 1.165) is 19.4 Å². The molecule has 1 atom stereocenters. The lowest BCUT2D eigenvalue weighted by atomic mass is 10.2. The molecule has 2 amide bonds. The summed E-state index contributed by atoms with van der Waals surface area (Å²) >= 11 is 11.7. The molecule has 1 aliphatic heterocycles. The van der Waals surface area contributed by atoms with Crippen LogP contribution in [-0.4, -0.2) is 31.1 Å². The quantitative estimate of drug-likeness (QED) is 0.815. The number of carbonyl (C=O) groups excluding carboxylic acids is 2. The van der Waals surface area contributed by atoms with Gasteiger partial charge in [-0.25, -0.2) is 0 Å². The van der Waals surface area contributed by atoms with Crippen LogP contribution in [0.2, 0.25) is 10.0 Å². The Hall–Kier alpha value is -1.30. The van der Waals surface area contributed by atoms with Crippen LogP contribution in [0.1, 0.15) is 19.3 Å².